The minimum atomic E-state index is 0.174. The highest BCUT2D eigenvalue weighted by Crippen LogP contribution is 2.05. The van der Waals surface area contributed by atoms with Gasteiger partial charge in [-0.25, -0.2) is 4.98 Å². The van der Waals surface area contributed by atoms with Crippen LogP contribution in [-0.2, 0) is 0 Å². The van der Waals surface area contributed by atoms with Gasteiger partial charge in [0.05, 0.1) is 0 Å². The summed E-state index contributed by atoms with van der Waals surface area (Å²) in [6, 6.07) is 1.79. The second kappa shape index (κ2) is 1.85. The van der Waals surface area contributed by atoms with Crippen molar-refractivity contribution in [2.24, 2.45) is 0 Å². The fraction of sp³-hybridized carbons (Fsp3) is 0. The number of H-pyrrole nitrogens is 1. The van der Waals surface area contributed by atoms with Gasteiger partial charge in [-0.05, 0) is 0 Å². The van der Waals surface area contributed by atoms with E-state index in [0.717, 1.165) is 0 Å². The Morgan fingerprint density at radius 1 is 1.88 bits per heavy atom. The zero-order valence-corrected chi connectivity index (χ0v) is 4.53. The molecule has 4 heteroatoms. The van der Waals surface area contributed by atoms with E-state index in [2.05, 4.69) is 16.3 Å². The van der Waals surface area contributed by atoms with Gasteiger partial charge in [0.2, 0.25) is 0 Å². The molecule has 0 aromatic carbocycles. The number of hydrogen-bond donors (Lipinski definition) is 1. The highest BCUT2D eigenvalue weighted by Gasteiger charge is 1.97. The van der Waals surface area contributed by atoms with Crippen molar-refractivity contribution in [2.75, 3.05) is 0 Å². The first-order chi connectivity index (χ1) is 3.84. The van der Waals surface area contributed by atoms with Crippen molar-refractivity contribution in [3.8, 4) is 6.07 Å². The van der Waals surface area contributed by atoms with Crippen LogP contribution < -0.4 is 0 Å². The molecule has 0 aliphatic heterocycles. The molecule has 1 radical (unpaired) electrons. The highest BCUT2D eigenvalue weighted by molar-refractivity contribution is 6.30. The number of imidazole rings is 1. The van der Waals surface area contributed by atoms with Crippen molar-refractivity contribution in [1.29, 1.82) is 5.26 Å². The van der Waals surface area contributed by atoms with Crippen LogP contribution in [0.1, 0.15) is 5.69 Å². The van der Waals surface area contributed by atoms with Gasteiger partial charge in [0.1, 0.15) is 6.07 Å². The summed E-state index contributed by atoms with van der Waals surface area (Å²) in [6.07, 6.45) is 2.32. The van der Waals surface area contributed by atoms with Gasteiger partial charge in [-0.3, -0.25) is 0 Å². The van der Waals surface area contributed by atoms with Gasteiger partial charge in [0.25, 0.3) is 0 Å². The van der Waals surface area contributed by atoms with Gasteiger partial charge in [0, 0.05) is 0 Å². The first kappa shape index (κ1) is 5.13. The summed E-state index contributed by atoms with van der Waals surface area (Å²) in [5, 5.41) is 8.36. The standard InChI is InChI=1S/C4HClN3/c5-4-3(1-6)7-2-8-4/h(H,7,8). The molecule has 1 aromatic rings. The fourth-order valence-corrected chi connectivity index (χ4v) is 0.446. The van der Waals surface area contributed by atoms with Crippen LogP contribution in [0.5, 0.6) is 0 Å². The third-order valence-electron chi connectivity index (χ3n) is 0.653. The van der Waals surface area contributed by atoms with E-state index in [-0.39, 0.29) is 10.8 Å². The summed E-state index contributed by atoms with van der Waals surface area (Å²) in [5.41, 5.74) is 0.256. The van der Waals surface area contributed by atoms with Crippen LogP contribution >= 0.6 is 11.6 Å². The van der Waals surface area contributed by atoms with Crippen LogP contribution in [0.3, 0.4) is 0 Å². The third-order valence-corrected chi connectivity index (χ3v) is 0.927. The number of aromatic nitrogens is 2. The van der Waals surface area contributed by atoms with E-state index < -0.39 is 0 Å². The lowest BCUT2D eigenvalue weighted by atomic mass is 10.5. The Morgan fingerprint density at radius 2 is 2.62 bits per heavy atom. The molecular weight excluding hydrogens is 126 g/mol. The largest absolute Gasteiger partial charge is 0.326 e. The molecule has 0 saturated heterocycles. The first-order valence-corrected chi connectivity index (χ1v) is 2.24. The first-order valence-electron chi connectivity index (χ1n) is 1.86. The smallest absolute Gasteiger partial charge is 0.176 e. The molecule has 3 nitrogen and oxygen atoms in total. The maximum atomic E-state index is 8.18. The Hall–Kier alpha value is -1.01. The van der Waals surface area contributed by atoms with E-state index in [1.54, 1.807) is 6.07 Å². The zero-order chi connectivity index (χ0) is 5.98. The van der Waals surface area contributed by atoms with E-state index in [1.165, 1.54) is 0 Å². The van der Waals surface area contributed by atoms with E-state index in [1.807, 2.05) is 0 Å². The number of halogens is 1. The zero-order valence-electron chi connectivity index (χ0n) is 3.77. The summed E-state index contributed by atoms with van der Waals surface area (Å²) in [6.45, 7) is 0. The van der Waals surface area contributed by atoms with Crippen molar-refractivity contribution in [2.45, 2.75) is 0 Å². The van der Waals surface area contributed by atoms with Crippen LogP contribution in [-0.4, -0.2) is 9.97 Å². The van der Waals surface area contributed by atoms with Gasteiger partial charge in [-0.15, -0.1) is 0 Å². The van der Waals surface area contributed by atoms with E-state index in [0.29, 0.717) is 0 Å². The summed E-state index contributed by atoms with van der Waals surface area (Å²) < 4.78 is 0. The molecule has 0 unspecified atom stereocenters. The molecule has 8 heavy (non-hydrogen) atoms. The average Bonchev–Trinajstić information content (AvgIpc) is 2.14. The normalized spacial score (nSPS) is 8.50. The predicted octanol–water partition coefficient (Wildman–Crippen LogP) is 0.735. The molecule has 39 valence electrons. The SMILES string of the molecule is N#Cc1[nH][c]nc1Cl. The van der Waals surface area contributed by atoms with E-state index in [4.69, 9.17) is 16.9 Å². The minimum Gasteiger partial charge on any atom is -0.326 e. The second-order valence-electron chi connectivity index (χ2n) is 1.13. The highest BCUT2D eigenvalue weighted by atomic mass is 35.5. The Labute approximate surface area is 50.9 Å². The van der Waals surface area contributed by atoms with Gasteiger partial charge < -0.3 is 4.98 Å². The summed E-state index contributed by atoms with van der Waals surface area (Å²) in [5.74, 6) is 0. The Bertz CT molecular complexity index is 221. The third kappa shape index (κ3) is 0.658. The number of hydrogen-bond acceptors (Lipinski definition) is 2. The maximum absolute atomic E-state index is 8.18. The summed E-state index contributed by atoms with van der Waals surface area (Å²) >= 11 is 5.34. The molecule has 0 spiro atoms. The monoisotopic (exact) mass is 126 g/mol. The molecule has 0 atom stereocenters. The number of nitrogens with one attached hydrogen (secondary N) is 1. The van der Waals surface area contributed by atoms with Gasteiger partial charge in [-0.1, -0.05) is 11.6 Å². The van der Waals surface area contributed by atoms with Crippen LogP contribution in [0.4, 0.5) is 0 Å². The van der Waals surface area contributed by atoms with Crippen LogP contribution in [0.25, 0.3) is 0 Å². The maximum Gasteiger partial charge on any atom is 0.176 e. The lowest BCUT2D eigenvalue weighted by Gasteiger charge is -1.72. The topological polar surface area (TPSA) is 52.5 Å². The Kier molecular flexibility index (Phi) is 1.18. The van der Waals surface area contributed by atoms with Gasteiger partial charge in [-0.2, -0.15) is 5.26 Å². The molecule has 0 saturated carbocycles. The summed E-state index contributed by atoms with van der Waals surface area (Å²) in [7, 11) is 0. The molecule has 1 aromatic heterocycles. The lowest BCUT2D eigenvalue weighted by Crippen LogP contribution is -1.69. The number of aromatic amines is 1. The molecular formula is C4HClN3. The van der Waals surface area contributed by atoms with Crippen LogP contribution in [0, 0.1) is 17.7 Å². The van der Waals surface area contributed by atoms with E-state index in [9.17, 15) is 0 Å². The number of nitrogens with zero attached hydrogens (tertiary/aromatic N) is 2. The van der Waals surface area contributed by atoms with Crippen LogP contribution in [0.15, 0.2) is 0 Å². The molecule has 0 aliphatic carbocycles. The number of rotatable bonds is 0. The van der Waals surface area contributed by atoms with Crippen LogP contribution in [0.2, 0.25) is 5.15 Å². The molecule has 1 heterocycles. The van der Waals surface area contributed by atoms with E-state index >= 15 is 0 Å². The molecule has 0 amide bonds. The summed E-state index contributed by atoms with van der Waals surface area (Å²) in [4.78, 5) is 5.88. The minimum absolute atomic E-state index is 0.174. The predicted molar refractivity (Wildman–Crippen MR) is 27.1 cm³/mol. The van der Waals surface area contributed by atoms with Crippen molar-refractivity contribution < 1.29 is 0 Å². The van der Waals surface area contributed by atoms with Crippen molar-refractivity contribution >= 4 is 11.6 Å². The Balaban J connectivity index is 3.15. The van der Waals surface area contributed by atoms with Gasteiger partial charge in [0.15, 0.2) is 17.2 Å². The molecule has 0 aliphatic rings. The van der Waals surface area contributed by atoms with Crippen molar-refractivity contribution in [1.82, 2.24) is 9.97 Å². The molecule has 1 N–H and O–H groups in total. The van der Waals surface area contributed by atoms with Crippen molar-refractivity contribution in [3.63, 3.8) is 0 Å². The fourth-order valence-electron chi connectivity index (χ4n) is 0.314. The molecule has 1 rings (SSSR count). The van der Waals surface area contributed by atoms with Crippen molar-refractivity contribution in [3.05, 3.63) is 17.2 Å². The van der Waals surface area contributed by atoms with Gasteiger partial charge >= 0.3 is 0 Å². The molecule has 0 fully saturated rings. The molecule has 0 bridgehead atoms. The Morgan fingerprint density at radius 3 is 2.88 bits per heavy atom. The lowest BCUT2D eigenvalue weighted by molar-refractivity contribution is 1.27. The quantitative estimate of drug-likeness (QED) is 0.557. The average molecular weight is 127 g/mol. The second-order valence-corrected chi connectivity index (χ2v) is 1.48. The number of nitriles is 1.